The summed E-state index contributed by atoms with van der Waals surface area (Å²) in [5.74, 6) is -0.197. The van der Waals surface area contributed by atoms with Crippen molar-refractivity contribution in [2.24, 2.45) is 0 Å². The molecule has 0 aliphatic carbocycles. The summed E-state index contributed by atoms with van der Waals surface area (Å²) in [7, 11) is 0. The zero-order chi connectivity index (χ0) is 12.8. The van der Waals surface area contributed by atoms with Gasteiger partial charge < -0.3 is 4.74 Å². The van der Waals surface area contributed by atoms with Crippen molar-refractivity contribution in [3.8, 4) is 0 Å². The molecular weight excluding hydrogens is 212 g/mol. The minimum Gasteiger partial charge on any atom is -0.466 e. The molecule has 0 aliphatic heterocycles. The molecule has 0 atom stereocenters. The van der Waals surface area contributed by atoms with Gasteiger partial charge in [0.25, 0.3) is 0 Å². The number of carbonyl (C=O) groups excluding carboxylic acids is 1. The Labute approximate surface area is 105 Å². The number of carbonyl (C=O) groups is 1. The summed E-state index contributed by atoms with van der Waals surface area (Å²) >= 11 is 0. The van der Waals surface area contributed by atoms with E-state index in [9.17, 15) is 4.79 Å². The highest BCUT2D eigenvalue weighted by molar-refractivity contribution is 5.65. The number of unbranched alkanes of at least 4 members (excludes halogenated alkanes) is 1. The summed E-state index contributed by atoms with van der Waals surface area (Å²) in [6.45, 7) is 4.10. The van der Waals surface area contributed by atoms with Crippen LogP contribution in [-0.4, -0.2) is 12.6 Å². The molecular formula is C15H24O2. The van der Waals surface area contributed by atoms with Crippen LogP contribution in [0, 0.1) is 0 Å². The Morgan fingerprint density at radius 3 is 2.18 bits per heavy atom. The molecule has 0 saturated carbocycles. The van der Waals surface area contributed by atoms with Gasteiger partial charge in [-0.25, -0.2) is 0 Å². The SMILES string of the molecule is CC/C=C\C/C=C\C/C=C/CCCOC(C)=O. The number of rotatable bonds is 9. The van der Waals surface area contributed by atoms with E-state index in [2.05, 4.69) is 43.4 Å². The van der Waals surface area contributed by atoms with Gasteiger partial charge in [-0.3, -0.25) is 4.79 Å². The van der Waals surface area contributed by atoms with E-state index in [1.165, 1.54) is 6.92 Å². The predicted molar refractivity (Wildman–Crippen MR) is 72.8 cm³/mol. The maximum absolute atomic E-state index is 10.5. The van der Waals surface area contributed by atoms with E-state index in [0.29, 0.717) is 6.61 Å². The van der Waals surface area contributed by atoms with Crippen molar-refractivity contribution in [2.45, 2.75) is 46.0 Å². The van der Waals surface area contributed by atoms with Gasteiger partial charge in [-0.15, -0.1) is 0 Å². The largest absolute Gasteiger partial charge is 0.466 e. The van der Waals surface area contributed by atoms with Crippen LogP contribution in [0.2, 0.25) is 0 Å². The highest BCUT2D eigenvalue weighted by Crippen LogP contribution is 1.96. The Morgan fingerprint density at radius 1 is 1.00 bits per heavy atom. The van der Waals surface area contributed by atoms with Crippen LogP contribution < -0.4 is 0 Å². The second kappa shape index (κ2) is 12.8. The molecule has 0 amide bonds. The van der Waals surface area contributed by atoms with Gasteiger partial charge in [0.05, 0.1) is 6.61 Å². The summed E-state index contributed by atoms with van der Waals surface area (Å²) in [4.78, 5) is 10.5. The van der Waals surface area contributed by atoms with Crippen molar-refractivity contribution < 1.29 is 9.53 Å². The van der Waals surface area contributed by atoms with E-state index in [1.54, 1.807) is 0 Å². The van der Waals surface area contributed by atoms with Crippen molar-refractivity contribution in [3.63, 3.8) is 0 Å². The second-order valence-electron chi connectivity index (χ2n) is 3.78. The fourth-order valence-corrected chi connectivity index (χ4v) is 1.24. The lowest BCUT2D eigenvalue weighted by Gasteiger charge is -1.97. The van der Waals surface area contributed by atoms with E-state index in [4.69, 9.17) is 4.74 Å². The standard InChI is InChI=1S/C15H24O2/c1-3-4-5-6-7-8-9-10-11-12-13-14-17-15(2)16/h4-5,7-8,10-11H,3,6,9,12-14H2,1-2H3/b5-4-,8-7-,11-10+. The maximum Gasteiger partial charge on any atom is 0.302 e. The summed E-state index contributed by atoms with van der Waals surface area (Å²) in [6, 6.07) is 0. The van der Waals surface area contributed by atoms with Gasteiger partial charge in [0.15, 0.2) is 0 Å². The van der Waals surface area contributed by atoms with Crippen molar-refractivity contribution >= 4 is 5.97 Å². The lowest BCUT2D eigenvalue weighted by atomic mass is 10.2. The third-order valence-electron chi connectivity index (χ3n) is 2.10. The van der Waals surface area contributed by atoms with Crippen molar-refractivity contribution in [2.75, 3.05) is 6.61 Å². The molecule has 0 spiro atoms. The third-order valence-corrected chi connectivity index (χ3v) is 2.10. The van der Waals surface area contributed by atoms with Gasteiger partial charge in [-0.1, -0.05) is 43.4 Å². The minimum absolute atomic E-state index is 0.197. The summed E-state index contributed by atoms with van der Waals surface area (Å²) < 4.78 is 4.83. The molecule has 0 rings (SSSR count). The maximum atomic E-state index is 10.5. The Bertz CT molecular complexity index is 262. The van der Waals surface area contributed by atoms with Gasteiger partial charge in [0.2, 0.25) is 0 Å². The predicted octanol–water partition coefficient (Wildman–Crippen LogP) is 4.19. The first kappa shape index (κ1) is 15.7. The molecule has 0 saturated heterocycles. The first-order valence-corrected chi connectivity index (χ1v) is 6.35. The molecule has 0 heterocycles. The minimum atomic E-state index is -0.197. The number of ether oxygens (including phenoxy) is 1. The van der Waals surface area contributed by atoms with E-state index in [1.807, 2.05) is 0 Å². The lowest BCUT2D eigenvalue weighted by molar-refractivity contribution is -0.141. The number of esters is 1. The van der Waals surface area contributed by atoms with Gasteiger partial charge in [-0.05, 0) is 32.1 Å². The summed E-state index contributed by atoms with van der Waals surface area (Å²) in [5, 5.41) is 0. The second-order valence-corrected chi connectivity index (χ2v) is 3.78. The molecule has 0 aliphatic rings. The zero-order valence-electron chi connectivity index (χ0n) is 11.0. The van der Waals surface area contributed by atoms with E-state index >= 15 is 0 Å². The summed E-state index contributed by atoms with van der Waals surface area (Å²) in [5.41, 5.74) is 0. The van der Waals surface area contributed by atoms with Gasteiger partial charge >= 0.3 is 5.97 Å². The first-order valence-electron chi connectivity index (χ1n) is 6.35. The van der Waals surface area contributed by atoms with E-state index < -0.39 is 0 Å². The average Bonchev–Trinajstić information content (AvgIpc) is 2.30. The topological polar surface area (TPSA) is 26.3 Å². The van der Waals surface area contributed by atoms with Crippen LogP contribution in [0.4, 0.5) is 0 Å². The molecule has 0 fully saturated rings. The van der Waals surface area contributed by atoms with Crippen LogP contribution in [0.1, 0.15) is 46.0 Å². The Balaban J connectivity index is 3.30. The molecule has 2 heteroatoms. The average molecular weight is 236 g/mol. The number of hydrogen-bond donors (Lipinski definition) is 0. The molecule has 17 heavy (non-hydrogen) atoms. The molecule has 0 aromatic heterocycles. The quantitative estimate of drug-likeness (QED) is 0.341. The fraction of sp³-hybridized carbons (Fsp3) is 0.533. The lowest BCUT2D eigenvalue weighted by Crippen LogP contribution is -1.99. The van der Waals surface area contributed by atoms with Crippen LogP contribution in [0.5, 0.6) is 0 Å². The zero-order valence-corrected chi connectivity index (χ0v) is 11.0. The molecule has 0 bridgehead atoms. The molecule has 0 aromatic carbocycles. The van der Waals surface area contributed by atoms with Crippen LogP contribution >= 0.6 is 0 Å². The van der Waals surface area contributed by atoms with Crippen molar-refractivity contribution in [1.82, 2.24) is 0 Å². The Kier molecular flexibility index (Phi) is 11.8. The molecule has 0 radical (unpaired) electrons. The fourth-order valence-electron chi connectivity index (χ4n) is 1.24. The number of allylic oxidation sites excluding steroid dienone is 6. The van der Waals surface area contributed by atoms with Crippen molar-refractivity contribution in [1.29, 1.82) is 0 Å². The van der Waals surface area contributed by atoms with Gasteiger partial charge in [0, 0.05) is 6.92 Å². The monoisotopic (exact) mass is 236 g/mol. The summed E-state index contributed by atoms with van der Waals surface area (Å²) in [6.07, 6.45) is 18.0. The van der Waals surface area contributed by atoms with Crippen molar-refractivity contribution in [3.05, 3.63) is 36.5 Å². The van der Waals surface area contributed by atoms with Gasteiger partial charge in [0.1, 0.15) is 0 Å². The smallest absolute Gasteiger partial charge is 0.302 e. The third kappa shape index (κ3) is 14.7. The van der Waals surface area contributed by atoms with Crippen LogP contribution in [0.25, 0.3) is 0 Å². The van der Waals surface area contributed by atoms with Crippen LogP contribution in [0.3, 0.4) is 0 Å². The van der Waals surface area contributed by atoms with Crippen LogP contribution in [-0.2, 0) is 9.53 Å². The normalized spacial score (nSPS) is 11.9. The number of hydrogen-bond acceptors (Lipinski definition) is 2. The first-order chi connectivity index (χ1) is 8.27. The molecule has 0 unspecified atom stereocenters. The van der Waals surface area contributed by atoms with E-state index in [0.717, 1.165) is 32.1 Å². The van der Waals surface area contributed by atoms with E-state index in [-0.39, 0.29) is 5.97 Å². The molecule has 0 N–H and O–H groups in total. The Morgan fingerprint density at radius 2 is 1.59 bits per heavy atom. The highest BCUT2D eigenvalue weighted by atomic mass is 16.5. The molecule has 2 nitrogen and oxygen atoms in total. The Hall–Kier alpha value is -1.31. The van der Waals surface area contributed by atoms with Gasteiger partial charge in [-0.2, -0.15) is 0 Å². The molecule has 96 valence electrons. The molecule has 0 aromatic rings. The van der Waals surface area contributed by atoms with Crippen LogP contribution in [0.15, 0.2) is 36.5 Å². The highest BCUT2D eigenvalue weighted by Gasteiger charge is 1.89.